The highest BCUT2D eigenvalue weighted by molar-refractivity contribution is 6.76. The fourth-order valence-corrected chi connectivity index (χ4v) is 7.76. The van der Waals surface area contributed by atoms with Gasteiger partial charge in [0.15, 0.2) is 5.65 Å². The van der Waals surface area contributed by atoms with Crippen molar-refractivity contribution in [2.24, 2.45) is 0 Å². The van der Waals surface area contributed by atoms with Gasteiger partial charge in [0.2, 0.25) is 0 Å². The predicted molar refractivity (Wildman–Crippen MR) is 169 cm³/mol. The summed E-state index contributed by atoms with van der Waals surface area (Å²) in [6.07, 6.45) is 8.54. The molecule has 0 spiro atoms. The molecule has 3 aliphatic heterocycles. The van der Waals surface area contributed by atoms with Crippen LogP contribution in [-0.2, 0) is 16.2 Å². The number of aromatic nitrogens is 5. The number of benzene rings is 1. The summed E-state index contributed by atoms with van der Waals surface area (Å²) < 4.78 is 15.5. The van der Waals surface area contributed by atoms with Crippen LogP contribution >= 0.6 is 11.6 Å². The lowest BCUT2D eigenvalue weighted by molar-refractivity contribution is -0.0283. The van der Waals surface area contributed by atoms with Gasteiger partial charge in [-0.05, 0) is 37.8 Å². The highest BCUT2D eigenvalue weighted by Crippen LogP contribution is 2.41. The molecule has 3 fully saturated rings. The third-order valence-corrected chi connectivity index (χ3v) is 11.1. The molecule has 0 unspecified atom stereocenters. The minimum Gasteiger partial charge on any atom is -0.465 e. The van der Waals surface area contributed by atoms with Crippen molar-refractivity contribution in [1.29, 1.82) is 0 Å². The average Bonchev–Trinajstić information content (AvgIpc) is 3.57. The number of amides is 1. The smallest absolute Gasteiger partial charge is 0.404 e. The number of nitrogens with zero attached hydrogens (tertiary/aromatic N) is 6. The van der Waals surface area contributed by atoms with Crippen LogP contribution < -0.4 is 10.2 Å². The van der Waals surface area contributed by atoms with Gasteiger partial charge in [0.1, 0.15) is 18.1 Å². The number of rotatable bonds is 9. The fraction of sp³-hybridized carbons (Fsp3) is 0.533. The summed E-state index contributed by atoms with van der Waals surface area (Å²) in [6.45, 7) is 9.43. The number of carboxylic acid groups (broad SMARTS) is 1. The number of carbonyl (C=O) groups is 1. The van der Waals surface area contributed by atoms with Crippen molar-refractivity contribution < 1.29 is 19.4 Å². The summed E-state index contributed by atoms with van der Waals surface area (Å²) in [6, 6.07) is 5.77. The molecule has 6 heterocycles. The van der Waals surface area contributed by atoms with Crippen molar-refractivity contribution in [3.8, 4) is 11.1 Å². The summed E-state index contributed by atoms with van der Waals surface area (Å²) >= 11 is 7.07. The van der Waals surface area contributed by atoms with Crippen molar-refractivity contribution in [1.82, 2.24) is 29.6 Å². The van der Waals surface area contributed by atoms with Crippen LogP contribution in [0.5, 0.6) is 0 Å². The molecule has 3 saturated heterocycles. The number of piperidine rings is 1. The first-order chi connectivity index (χ1) is 20.6. The number of hydrogen-bond acceptors (Lipinski definition) is 7. The monoisotopic (exact) mass is 623 g/mol. The molecule has 228 valence electrons. The van der Waals surface area contributed by atoms with E-state index in [-0.39, 0.29) is 24.2 Å². The molecule has 1 amide bonds. The van der Waals surface area contributed by atoms with Crippen LogP contribution in [0.4, 0.5) is 10.6 Å². The molecular formula is C30H38ClN7O4Si. The first-order valence-electron chi connectivity index (χ1n) is 15.1. The van der Waals surface area contributed by atoms with E-state index in [1.165, 1.54) is 0 Å². The van der Waals surface area contributed by atoms with E-state index < -0.39 is 14.2 Å². The van der Waals surface area contributed by atoms with Crippen molar-refractivity contribution in [2.45, 2.75) is 82.3 Å². The van der Waals surface area contributed by atoms with Gasteiger partial charge in [0.05, 0.1) is 36.0 Å². The van der Waals surface area contributed by atoms with Crippen LogP contribution in [0.25, 0.3) is 33.2 Å². The Morgan fingerprint density at radius 1 is 1.14 bits per heavy atom. The van der Waals surface area contributed by atoms with Gasteiger partial charge < -0.3 is 29.4 Å². The molecule has 1 aromatic carbocycles. The van der Waals surface area contributed by atoms with Gasteiger partial charge in [0, 0.05) is 61.7 Å². The second kappa shape index (κ2) is 11.1. The maximum Gasteiger partial charge on any atom is 0.404 e. The van der Waals surface area contributed by atoms with E-state index in [1.807, 2.05) is 33.8 Å². The highest BCUT2D eigenvalue weighted by atomic mass is 35.5. The zero-order chi connectivity index (χ0) is 29.9. The molecule has 7 rings (SSSR count). The van der Waals surface area contributed by atoms with Gasteiger partial charge in [-0.2, -0.15) is 5.10 Å². The van der Waals surface area contributed by atoms with E-state index in [9.17, 15) is 9.90 Å². The molecule has 3 atom stereocenters. The van der Waals surface area contributed by atoms with Gasteiger partial charge in [-0.25, -0.2) is 14.8 Å². The molecule has 0 radical (unpaired) electrons. The van der Waals surface area contributed by atoms with Crippen molar-refractivity contribution in [3.05, 3.63) is 35.7 Å². The molecule has 3 aliphatic rings. The fourth-order valence-electron chi connectivity index (χ4n) is 6.69. The van der Waals surface area contributed by atoms with Gasteiger partial charge >= 0.3 is 6.09 Å². The largest absolute Gasteiger partial charge is 0.465 e. The SMILES string of the molecule is C[Si](C)(C)CCOCn1cc(-c2ccc3nn(C4COC4)cc3c2Cl)c2ncc(N3[C@@H]4CC[C@H]3C[C@@H](NC(=O)O)C4)nc21. The van der Waals surface area contributed by atoms with Crippen molar-refractivity contribution >= 4 is 53.7 Å². The molecule has 0 saturated carbocycles. The predicted octanol–water partition coefficient (Wildman–Crippen LogP) is 5.75. The summed E-state index contributed by atoms with van der Waals surface area (Å²) in [5, 5.41) is 18.2. The maximum absolute atomic E-state index is 11.3. The Bertz CT molecular complexity index is 1670. The number of ether oxygens (including phenoxy) is 2. The number of anilines is 1. The lowest BCUT2D eigenvalue weighted by Gasteiger charge is -2.39. The zero-order valence-electron chi connectivity index (χ0n) is 24.8. The number of halogens is 1. The average molecular weight is 624 g/mol. The molecular weight excluding hydrogens is 586 g/mol. The molecule has 0 aliphatic carbocycles. The van der Waals surface area contributed by atoms with Gasteiger partial charge in [-0.3, -0.25) is 4.68 Å². The second-order valence-corrected chi connectivity index (χ2v) is 19.3. The normalized spacial score (nSPS) is 22.4. The first-order valence-corrected chi connectivity index (χ1v) is 19.2. The molecule has 2 N–H and O–H groups in total. The maximum atomic E-state index is 11.3. The van der Waals surface area contributed by atoms with Crippen molar-refractivity contribution in [3.63, 3.8) is 0 Å². The summed E-state index contributed by atoms with van der Waals surface area (Å²) in [5.41, 5.74) is 4.16. The van der Waals surface area contributed by atoms with Crippen LogP contribution in [-0.4, -0.2) is 81.5 Å². The Morgan fingerprint density at radius 2 is 1.91 bits per heavy atom. The highest BCUT2D eigenvalue weighted by Gasteiger charge is 2.42. The number of nitrogens with one attached hydrogen (secondary N) is 1. The van der Waals surface area contributed by atoms with Gasteiger partial charge in [0.25, 0.3) is 0 Å². The van der Waals surface area contributed by atoms with Crippen LogP contribution in [0.2, 0.25) is 30.7 Å². The standard InChI is InChI=1S/C30H38ClN7O4Si/c1-43(2,3)9-8-41-17-36-13-23(22-6-7-25-24(27(22)31)14-37(35-25)21-15-42-16-21)28-29(36)34-26(12-32-28)38-19-4-5-20(38)11-18(10-19)33-30(39)40/h6-7,12-14,18-21,33H,4-5,8-11,15-17H2,1-3H3,(H,39,40)/t18-,19+,20-. The van der Waals surface area contributed by atoms with Gasteiger partial charge in [-0.15, -0.1) is 0 Å². The lowest BCUT2D eigenvalue weighted by Crippen LogP contribution is -2.50. The van der Waals surface area contributed by atoms with Crippen LogP contribution in [0.3, 0.4) is 0 Å². The first kappa shape index (κ1) is 28.6. The topological polar surface area (TPSA) is 120 Å². The van der Waals surface area contributed by atoms with Crippen LogP contribution in [0.1, 0.15) is 31.7 Å². The zero-order valence-corrected chi connectivity index (χ0v) is 26.5. The summed E-state index contributed by atoms with van der Waals surface area (Å²) in [5.74, 6) is 0.826. The summed E-state index contributed by atoms with van der Waals surface area (Å²) in [7, 11) is -1.23. The van der Waals surface area contributed by atoms with E-state index in [2.05, 4.69) is 36.1 Å². The van der Waals surface area contributed by atoms with E-state index in [4.69, 9.17) is 36.1 Å². The molecule has 13 heteroatoms. The molecule has 2 bridgehead atoms. The third-order valence-electron chi connectivity index (χ3n) is 9.03. The van der Waals surface area contributed by atoms with Crippen LogP contribution in [0.15, 0.2) is 30.7 Å². The Balaban J connectivity index is 1.24. The van der Waals surface area contributed by atoms with E-state index in [0.717, 1.165) is 70.7 Å². The molecule has 43 heavy (non-hydrogen) atoms. The summed E-state index contributed by atoms with van der Waals surface area (Å²) in [4.78, 5) is 23.8. The lowest BCUT2D eigenvalue weighted by atomic mass is 9.97. The molecule has 11 nitrogen and oxygen atoms in total. The Labute approximate surface area is 256 Å². The third kappa shape index (κ3) is 5.50. The Morgan fingerprint density at radius 3 is 2.58 bits per heavy atom. The Hall–Kier alpha value is -3.19. The number of hydrogen-bond donors (Lipinski definition) is 2. The molecule has 3 aromatic heterocycles. The minimum absolute atomic E-state index is 0.0311. The van der Waals surface area contributed by atoms with E-state index in [1.54, 1.807) is 0 Å². The number of fused-ring (bicyclic) bond motifs is 4. The second-order valence-electron chi connectivity index (χ2n) is 13.3. The van der Waals surface area contributed by atoms with E-state index in [0.29, 0.717) is 31.6 Å². The van der Waals surface area contributed by atoms with E-state index >= 15 is 0 Å². The van der Waals surface area contributed by atoms with Gasteiger partial charge in [-0.1, -0.05) is 37.3 Å². The quantitative estimate of drug-likeness (QED) is 0.179. The minimum atomic E-state index is -1.23. The Kier molecular flexibility index (Phi) is 7.35. The van der Waals surface area contributed by atoms with Crippen LogP contribution in [0, 0.1) is 0 Å². The van der Waals surface area contributed by atoms with Crippen molar-refractivity contribution in [2.75, 3.05) is 24.7 Å². The molecule has 4 aromatic rings.